The van der Waals surface area contributed by atoms with E-state index >= 15 is 4.39 Å². The summed E-state index contributed by atoms with van der Waals surface area (Å²) in [6, 6.07) is 12.7. The molecule has 1 spiro atoms. The first-order valence-electron chi connectivity index (χ1n) is 26.4. The standard InChI is InChI=1S/C57H62F4N8O8S2/c1-8-30(4)37-16-44-49-39(22-68(44)53(74)40(37)23-76-28-70)48-42(14-13-35-31(5)41(58)17-43(63-49)47(35)48)64-54(75)77-27-55(6,7)79-78-34-19-56(20-34)25-67(26-56)21-32-9-11-33(12-10-32)69-50(38-15-36(29(2)3)45(71)18-46(38)72)65-66-51(69)52(73)62-24-57(59,60)61/h9-12,15-18,28-30,34,42,71-72H,8,13-14,19-27H2,1-7H3,(H,62,73)(H,64,75). The van der Waals surface area contributed by atoms with Gasteiger partial charge in [0.15, 0.2) is 5.82 Å². The number of hydrogen-bond acceptors (Lipinski definition) is 14. The first kappa shape index (κ1) is 55.7. The van der Waals surface area contributed by atoms with Crippen molar-refractivity contribution in [1.29, 1.82) is 0 Å². The first-order valence-corrected chi connectivity index (χ1v) is 28.6. The number of benzene rings is 3. The lowest BCUT2D eigenvalue weighted by molar-refractivity contribution is -0.129. The van der Waals surface area contributed by atoms with E-state index in [4.69, 9.17) is 14.5 Å². The molecule has 2 atom stereocenters. The zero-order chi connectivity index (χ0) is 56.5. The minimum absolute atomic E-state index is 0.00652. The van der Waals surface area contributed by atoms with Crippen LogP contribution in [-0.2, 0) is 40.4 Å². The topological polar surface area (TPSA) is 203 Å². The van der Waals surface area contributed by atoms with Crippen molar-refractivity contribution >= 4 is 51.0 Å². The van der Waals surface area contributed by atoms with Crippen LogP contribution in [-0.4, -0.2) is 100 Å². The fourth-order valence-electron chi connectivity index (χ4n) is 11.7. The number of alkyl carbamates (subject to hydrolysis) is 1. The lowest BCUT2D eigenvalue weighted by Crippen LogP contribution is -2.62. The van der Waals surface area contributed by atoms with Crippen LogP contribution in [0.3, 0.4) is 0 Å². The van der Waals surface area contributed by atoms with Crippen molar-refractivity contribution in [3.8, 4) is 40.0 Å². The molecule has 6 aromatic rings. The average molecular weight is 1130 g/mol. The van der Waals surface area contributed by atoms with Gasteiger partial charge in [-0.3, -0.25) is 23.9 Å². The third kappa shape index (κ3) is 10.9. The number of likely N-dealkylation sites (tertiary alicyclic amines) is 1. The summed E-state index contributed by atoms with van der Waals surface area (Å²) in [5.41, 5.74) is 7.64. The van der Waals surface area contributed by atoms with Gasteiger partial charge in [-0.1, -0.05) is 61.4 Å². The summed E-state index contributed by atoms with van der Waals surface area (Å²) < 4.78 is 68.3. The molecule has 3 aromatic heterocycles. The number of phenolic OH excluding ortho intramolecular Hbond substituents is 2. The summed E-state index contributed by atoms with van der Waals surface area (Å²) in [5, 5.41) is 35.6. The smallest absolute Gasteiger partial charge is 0.407 e. The Balaban J connectivity index is 0.748. The monoisotopic (exact) mass is 1130 g/mol. The Hall–Kier alpha value is -6.65. The van der Waals surface area contributed by atoms with Crippen molar-refractivity contribution in [2.45, 2.75) is 134 Å². The third-order valence-corrected chi connectivity index (χ3v) is 19.6. The van der Waals surface area contributed by atoms with Gasteiger partial charge in [-0.2, -0.15) is 13.2 Å². The maximum atomic E-state index is 15.5. The van der Waals surface area contributed by atoms with Gasteiger partial charge in [-0.25, -0.2) is 14.2 Å². The van der Waals surface area contributed by atoms with E-state index in [0.29, 0.717) is 70.4 Å². The molecule has 2 aliphatic heterocycles. The Morgan fingerprint density at radius 1 is 1.00 bits per heavy atom. The molecule has 0 bridgehead atoms. The molecule has 1 saturated carbocycles. The number of halogens is 4. The highest BCUT2D eigenvalue weighted by atomic mass is 33.1. The summed E-state index contributed by atoms with van der Waals surface area (Å²) in [5.74, 6) is -2.53. The van der Waals surface area contributed by atoms with Gasteiger partial charge in [0.2, 0.25) is 5.82 Å². The molecule has 22 heteroatoms. The quantitative estimate of drug-likeness (QED) is 0.0359. The average Bonchev–Trinajstić information content (AvgIpc) is 3.66. The molecule has 2 aliphatic carbocycles. The van der Waals surface area contributed by atoms with Gasteiger partial charge in [0.1, 0.15) is 37.1 Å². The SMILES string of the molecule is CCC(C)c1cc2n(c(=O)c1COC=O)Cc1c-2nc2cc(F)c(C)c3c2c1C(NC(=O)OCC(C)(C)SSC1CC2(C1)CN(Cc1ccc(-n4c(C(=O)NCC(F)(F)F)nnc4-c4cc(C(C)C)c(O)cc4O)cc1)C2)CC3. The number of phenols is 2. The third-order valence-electron chi connectivity index (χ3n) is 15.8. The van der Waals surface area contributed by atoms with Gasteiger partial charge in [0, 0.05) is 53.7 Å². The number of carbonyl (C=O) groups excluding carboxylic acids is 3. The van der Waals surface area contributed by atoms with Crippen LogP contribution in [0.4, 0.5) is 22.4 Å². The minimum Gasteiger partial charge on any atom is -0.508 e. The normalized spacial score (nSPS) is 17.0. The zero-order valence-corrected chi connectivity index (χ0v) is 46.5. The van der Waals surface area contributed by atoms with Crippen LogP contribution >= 0.6 is 21.6 Å². The van der Waals surface area contributed by atoms with E-state index in [0.717, 1.165) is 71.6 Å². The molecule has 2 unspecified atom stereocenters. The first-order chi connectivity index (χ1) is 37.5. The molecule has 16 nitrogen and oxygen atoms in total. The van der Waals surface area contributed by atoms with E-state index in [9.17, 15) is 42.6 Å². The van der Waals surface area contributed by atoms with E-state index < -0.39 is 41.3 Å². The van der Waals surface area contributed by atoms with Gasteiger partial charge in [0.25, 0.3) is 17.9 Å². The van der Waals surface area contributed by atoms with Crippen LogP contribution in [0.25, 0.3) is 39.4 Å². The number of nitrogens with zero attached hydrogens (tertiary/aromatic N) is 6. The Labute approximate surface area is 461 Å². The molecule has 79 heavy (non-hydrogen) atoms. The fraction of sp³-hybridized carbons (Fsp3) is 0.456. The number of aryl methyl sites for hydroxylation is 1. The van der Waals surface area contributed by atoms with Crippen LogP contribution in [0, 0.1) is 18.2 Å². The number of rotatable bonds is 18. The Morgan fingerprint density at radius 2 is 1.73 bits per heavy atom. The van der Waals surface area contributed by atoms with Gasteiger partial charge in [-0.05, 0) is 128 Å². The highest BCUT2D eigenvalue weighted by Gasteiger charge is 2.52. The Kier molecular flexibility index (Phi) is 15.1. The maximum Gasteiger partial charge on any atom is 0.407 e. The molecule has 5 heterocycles. The lowest BCUT2D eigenvalue weighted by Gasteiger charge is -2.59. The van der Waals surface area contributed by atoms with Gasteiger partial charge < -0.3 is 34.9 Å². The van der Waals surface area contributed by atoms with Crippen molar-refractivity contribution in [2.75, 3.05) is 26.2 Å². The number of carbonyl (C=O) groups is 3. The fourth-order valence-corrected chi connectivity index (χ4v) is 14.8. The van der Waals surface area contributed by atoms with Gasteiger partial charge in [-0.15, -0.1) is 10.2 Å². The van der Waals surface area contributed by atoms with Gasteiger partial charge in [0.05, 0.1) is 45.4 Å². The lowest BCUT2D eigenvalue weighted by atomic mass is 9.63. The molecular formula is C57H62F4N8O8S2. The largest absolute Gasteiger partial charge is 0.508 e. The van der Waals surface area contributed by atoms with E-state index in [2.05, 4.69) is 20.4 Å². The molecule has 4 N–H and O–H groups in total. The molecule has 0 radical (unpaired) electrons. The number of hydrogen-bond donors (Lipinski definition) is 4. The van der Waals surface area contributed by atoms with E-state index in [1.54, 1.807) is 45.2 Å². The Bertz CT molecular complexity index is 3460. The van der Waals surface area contributed by atoms with E-state index in [1.165, 1.54) is 16.7 Å². The molecule has 4 aliphatic rings. The maximum absolute atomic E-state index is 15.5. The van der Waals surface area contributed by atoms with Crippen LogP contribution in [0.2, 0.25) is 0 Å². The summed E-state index contributed by atoms with van der Waals surface area (Å²) in [6.07, 6.45) is -1.42. The zero-order valence-electron chi connectivity index (χ0n) is 44.8. The number of alkyl halides is 3. The summed E-state index contributed by atoms with van der Waals surface area (Å²) in [4.78, 5) is 59.6. The highest BCUT2D eigenvalue weighted by Crippen LogP contribution is 2.57. The molecular weight excluding hydrogens is 1060 g/mol. The Morgan fingerprint density at radius 3 is 2.42 bits per heavy atom. The summed E-state index contributed by atoms with van der Waals surface area (Å²) in [7, 11) is 3.50. The number of ether oxygens (including phenoxy) is 2. The van der Waals surface area contributed by atoms with Crippen LogP contribution in [0.5, 0.6) is 11.5 Å². The number of aromatic hydroxyl groups is 2. The summed E-state index contributed by atoms with van der Waals surface area (Å²) in [6.45, 7) is 15.0. The van der Waals surface area contributed by atoms with Crippen molar-refractivity contribution in [3.05, 3.63) is 115 Å². The number of nitrogens with one attached hydrogen (secondary N) is 2. The number of pyridine rings is 2. The minimum atomic E-state index is -4.66. The van der Waals surface area contributed by atoms with Crippen molar-refractivity contribution < 1.29 is 51.6 Å². The summed E-state index contributed by atoms with van der Waals surface area (Å²) >= 11 is 0. The van der Waals surface area contributed by atoms with Crippen LogP contribution in [0.1, 0.15) is 140 Å². The number of aromatic nitrogens is 5. The molecule has 3 aromatic carbocycles. The highest BCUT2D eigenvalue weighted by molar-refractivity contribution is 8.77. The predicted octanol–water partition coefficient (Wildman–Crippen LogP) is 10.7. The number of amides is 2. The molecule has 2 amide bonds. The van der Waals surface area contributed by atoms with Crippen LogP contribution in [0.15, 0.2) is 53.3 Å². The number of fused-ring (bicyclic) bond motifs is 4. The van der Waals surface area contributed by atoms with E-state index in [1.807, 2.05) is 65.1 Å². The second kappa shape index (κ2) is 21.4. The molecule has 1 saturated heterocycles. The predicted molar refractivity (Wildman–Crippen MR) is 293 cm³/mol. The van der Waals surface area contributed by atoms with Crippen molar-refractivity contribution in [2.24, 2.45) is 5.41 Å². The second-order valence-corrected chi connectivity index (χ2v) is 25.6. The molecule has 2 fully saturated rings. The van der Waals surface area contributed by atoms with Crippen LogP contribution < -0.4 is 16.2 Å². The molecule has 418 valence electrons. The van der Waals surface area contributed by atoms with Crippen molar-refractivity contribution in [1.82, 2.24) is 39.8 Å². The van der Waals surface area contributed by atoms with Gasteiger partial charge >= 0.3 is 12.3 Å². The van der Waals surface area contributed by atoms with Crippen molar-refractivity contribution in [3.63, 3.8) is 0 Å². The van der Waals surface area contributed by atoms with E-state index in [-0.39, 0.29) is 71.3 Å². The molecule has 10 rings (SSSR count). The second-order valence-electron chi connectivity index (χ2n) is 22.4.